The molecule has 0 bridgehead atoms. The van der Waals surface area contributed by atoms with Crippen LogP contribution in [0.1, 0.15) is 33.6 Å². The van der Waals surface area contributed by atoms with Gasteiger partial charge in [0.25, 0.3) is 5.56 Å². The van der Waals surface area contributed by atoms with E-state index >= 15 is 0 Å². The van der Waals surface area contributed by atoms with Gasteiger partial charge < -0.3 is 10.1 Å². The van der Waals surface area contributed by atoms with Crippen LogP contribution >= 0.6 is 0 Å². The molecule has 1 aromatic heterocycles. The number of pyridine rings is 1. The average molecular weight is 406 g/mol. The zero-order valence-corrected chi connectivity index (χ0v) is 17.3. The van der Waals surface area contributed by atoms with E-state index in [1.807, 2.05) is 0 Å². The molecular formula is C20H27N3O4S. The number of aromatic nitrogens is 1. The number of benzene rings is 1. The number of hydrogen-bond donors (Lipinski definition) is 2. The van der Waals surface area contributed by atoms with Crippen molar-refractivity contribution in [3.05, 3.63) is 52.9 Å². The van der Waals surface area contributed by atoms with E-state index in [0.29, 0.717) is 11.4 Å². The first kappa shape index (κ1) is 20.6. The molecule has 1 aliphatic heterocycles. The minimum Gasteiger partial charge on any atom is -0.490 e. The van der Waals surface area contributed by atoms with Crippen LogP contribution in [0.25, 0.3) is 5.69 Å². The Kier molecular flexibility index (Phi) is 5.92. The molecule has 0 radical (unpaired) electrons. The van der Waals surface area contributed by atoms with Gasteiger partial charge in [0.05, 0.1) is 4.90 Å². The predicted molar refractivity (Wildman–Crippen MR) is 109 cm³/mol. The molecule has 2 aromatic rings. The Morgan fingerprint density at radius 3 is 2.32 bits per heavy atom. The minimum absolute atomic E-state index is 0.122. The van der Waals surface area contributed by atoms with Crippen molar-refractivity contribution in [1.29, 1.82) is 0 Å². The Morgan fingerprint density at radius 1 is 1.11 bits per heavy atom. The molecule has 0 amide bonds. The van der Waals surface area contributed by atoms with E-state index in [0.717, 1.165) is 25.9 Å². The van der Waals surface area contributed by atoms with E-state index in [1.165, 1.54) is 22.8 Å². The number of hydrogen-bond acceptors (Lipinski definition) is 5. The van der Waals surface area contributed by atoms with Crippen molar-refractivity contribution in [3.8, 4) is 11.4 Å². The second-order valence-electron chi connectivity index (χ2n) is 7.99. The molecule has 1 aliphatic rings. The molecule has 8 heteroatoms. The molecule has 1 aromatic carbocycles. The number of sulfonamides is 1. The fraction of sp³-hybridized carbons (Fsp3) is 0.450. The summed E-state index contributed by atoms with van der Waals surface area (Å²) in [5.74, 6) is 0.557. The zero-order valence-electron chi connectivity index (χ0n) is 16.4. The van der Waals surface area contributed by atoms with Crippen LogP contribution in [-0.2, 0) is 10.0 Å². The fourth-order valence-corrected chi connectivity index (χ4v) is 4.52. The molecule has 0 saturated carbocycles. The molecule has 2 heterocycles. The second-order valence-corrected chi connectivity index (χ2v) is 9.67. The molecule has 7 nitrogen and oxygen atoms in total. The van der Waals surface area contributed by atoms with Crippen molar-refractivity contribution >= 4 is 10.0 Å². The van der Waals surface area contributed by atoms with Gasteiger partial charge in [-0.25, -0.2) is 13.1 Å². The number of nitrogens with one attached hydrogen (secondary N) is 2. The van der Waals surface area contributed by atoms with E-state index in [9.17, 15) is 13.2 Å². The van der Waals surface area contributed by atoms with Gasteiger partial charge in [0, 0.05) is 23.5 Å². The maximum Gasteiger partial charge on any atom is 0.258 e. The normalized spacial score (nSPS) is 16.1. The lowest BCUT2D eigenvalue weighted by Gasteiger charge is -2.23. The summed E-state index contributed by atoms with van der Waals surface area (Å²) in [6.45, 7) is 7.19. The fourth-order valence-electron chi connectivity index (χ4n) is 3.10. The predicted octanol–water partition coefficient (Wildman–Crippen LogP) is 2.05. The van der Waals surface area contributed by atoms with Gasteiger partial charge in [-0.2, -0.15) is 0 Å². The van der Waals surface area contributed by atoms with Crippen molar-refractivity contribution in [2.75, 3.05) is 13.1 Å². The average Bonchev–Trinajstić information content (AvgIpc) is 2.61. The maximum atomic E-state index is 12.5. The van der Waals surface area contributed by atoms with Gasteiger partial charge in [-0.1, -0.05) is 0 Å². The van der Waals surface area contributed by atoms with Crippen LogP contribution in [0.2, 0.25) is 0 Å². The van der Waals surface area contributed by atoms with Gasteiger partial charge >= 0.3 is 0 Å². The molecule has 2 N–H and O–H groups in total. The molecule has 152 valence electrons. The standard InChI is InChI=1S/C20H27N3O4S/c1-20(2,3)22-28(25,26)18-6-4-15(5-7-18)23-13-10-17(14-19(23)24)27-16-8-11-21-12-9-16/h4-7,10,13-14,16,21-22H,8-9,11-12H2,1-3H3. The van der Waals surface area contributed by atoms with Gasteiger partial charge in [0.15, 0.2) is 0 Å². The largest absolute Gasteiger partial charge is 0.490 e. The zero-order chi connectivity index (χ0) is 20.4. The van der Waals surface area contributed by atoms with Gasteiger partial charge in [-0.15, -0.1) is 0 Å². The summed E-state index contributed by atoms with van der Waals surface area (Å²) < 4.78 is 34.8. The second kappa shape index (κ2) is 8.06. The van der Waals surface area contributed by atoms with Gasteiger partial charge in [0.2, 0.25) is 10.0 Å². The smallest absolute Gasteiger partial charge is 0.258 e. The number of piperidine rings is 1. The first-order valence-electron chi connectivity index (χ1n) is 9.39. The SMILES string of the molecule is CC(C)(C)NS(=O)(=O)c1ccc(-n2ccc(OC3CCNCC3)cc2=O)cc1. The van der Waals surface area contributed by atoms with Crippen LogP contribution in [0.5, 0.6) is 5.75 Å². The van der Waals surface area contributed by atoms with E-state index in [-0.39, 0.29) is 16.6 Å². The summed E-state index contributed by atoms with van der Waals surface area (Å²) in [4.78, 5) is 12.6. The Bertz CT molecular complexity index is 970. The third-order valence-corrected chi connectivity index (χ3v) is 6.12. The maximum absolute atomic E-state index is 12.5. The summed E-state index contributed by atoms with van der Waals surface area (Å²) in [6, 6.07) is 9.45. The molecule has 0 spiro atoms. The van der Waals surface area contributed by atoms with Crippen LogP contribution in [0, 0.1) is 0 Å². The Morgan fingerprint density at radius 2 is 1.75 bits per heavy atom. The molecular weight excluding hydrogens is 378 g/mol. The highest BCUT2D eigenvalue weighted by molar-refractivity contribution is 7.89. The van der Waals surface area contributed by atoms with Crippen molar-refractivity contribution in [2.45, 2.75) is 50.2 Å². The van der Waals surface area contributed by atoms with Crippen LogP contribution in [0.4, 0.5) is 0 Å². The van der Waals surface area contributed by atoms with Crippen molar-refractivity contribution in [3.63, 3.8) is 0 Å². The minimum atomic E-state index is -3.61. The summed E-state index contributed by atoms with van der Waals surface area (Å²) in [5.41, 5.74) is -0.207. The lowest BCUT2D eigenvalue weighted by atomic mass is 10.1. The Labute approximate surface area is 165 Å². The van der Waals surface area contributed by atoms with Crippen LogP contribution in [-0.4, -0.2) is 37.7 Å². The molecule has 28 heavy (non-hydrogen) atoms. The van der Waals surface area contributed by atoms with Crippen LogP contribution < -0.4 is 20.3 Å². The van der Waals surface area contributed by atoms with Crippen molar-refractivity contribution in [2.24, 2.45) is 0 Å². The highest BCUT2D eigenvalue weighted by atomic mass is 32.2. The summed E-state index contributed by atoms with van der Waals surface area (Å²) >= 11 is 0. The molecule has 1 saturated heterocycles. The quantitative estimate of drug-likeness (QED) is 0.795. The van der Waals surface area contributed by atoms with E-state index < -0.39 is 15.6 Å². The lowest BCUT2D eigenvalue weighted by molar-refractivity contribution is 0.162. The Hall–Kier alpha value is -2.16. The third-order valence-electron chi connectivity index (χ3n) is 4.35. The first-order valence-corrected chi connectivity index (χ1v) is 10.9. The van der Waals surface area contributed by atoms with Gasteiger partial charge in [-0.3, -0.25) is 9.36 Å². The van der Waals surface area contributed by atoms with Crippen LogP contribution in [0.3, 0.4) is 0 Å². The van der Waals surface area contributed by atoms with Crippen molar-refractivity contribution in [1.82, 2.24) is 14.6 Å². The van der Waals surface area contributed by atoms with Crippen molar-refractivity contribution < 1.29 is 13.2 Å². The summed E-state index contributed by atoms with van der Waals surface area (Å²) in [7, 11) is -3.61. The molecule has 0 atom stereocenters. The Balaban J connectivity index is 1.77. The molecule has 1 fully saturated rings. The highest BCUT2D eigenvalue weighted by Crippen LogP contribution is 2.18. The summed E-state index contributed by atoms with van der Waals surface area (Å²) in [5, 5.41) is 3.28. The monoisotopic (exact) mass is 405 g/mol. The number of ether oxygens (including phenoxy) is 1. The summed E-state index contributed by atoms with van der Waals surface area (Å²) in [6.07, 6.45) is 3.61. The molecule has 0 aliphatic carbocycles. The lowest BCUT2D eigenvalue weighted by Crippen LogP contribution is -2.40. The van der Waals surface area contributed by atoms with E-state index in [1.54, 1.807) is 45.2 Å². The number of rotatable bonds is 5. The van der Waals surface area contributed by atoms with E-state index in [4.69, 9.17) is 4.74 Å². The van der Waals surface area contributed by atoms with E-state index in [2.05, 4.69) is 10.0 Å². The molecule has 0 unspecified atom stereocenters. The van der Waals surface area contributed by atoms with Gasteiger partial charge in [0.1, 0.15) is 11.9 Å². The topological polar surface area (TPSA) is 89.4 Å². The highest BCUT2D eigenvalue weighted by Gasteiger charge is 2.22. The third kappa shape index (κ3) is 5.21. The number of nitrogens with zero attached hydrogens (tertiary/aromatic N) is 1. The molecule has 3 rings (SSSR count). The van der Waals surface area contributed by atoms with Crippen LogP contribution in [0.15, 0.2) is 52.3 Å². The van der Waals surface area contributed by atoms with Gasteiger partial charge in [-0.05, 0) is 77.0 Å². The first-order chi connectivity index (χ1) is 13.1.